The molecule has 0 radical (unpaired) electrons. The van der Waals surface area contributed by atoms with Crippen molar-refractivity contribution in [2.45, 2.75) is 27.1 Å². The van der Waals surface area contributed by atoms with E-state index in [0.717, 1.165) is 16.8 Å². The van der Waals surface area contributed by atoms with Gasteiger partial charge in [0.15, 0.2) is 0 Å². The summed E-state index contributed by atoms with van der Waals surface area (Å²) >= 11 is 0. The number of hydrogen-bond acceptors (Lipinski definition) is 3. The van der Waals surface area contributed by atoms with Crippen LogP contribution in [0.25, 0.3) is 0 Å². The van der Waals surface area contributed by atoms with Crippen molar-refractivity contribution < 1.29 is 14.3 Å². The Morgan fingerprint density at radius 1 is 1.38 bits per heavy atom. The highest BCUT2D eigenvalue weighted by Gasteiger charge is 2.09. The highest BCUT2D eigenvalue weighted by Crippen LogP contribution is 2.18. The monoisotopic (exact) mass is 223 g/mol. The number of amides is 1. The average molecular weight is 223 g/mol. The Morgan fingerprint density at radius 3 is 2.69 bits per heavy atom. The second kappa shape index (κ2) is 5.51. The van der Waals surface area contributed by atoms with Crippen molar-refractivity contribution in [1.82, 2.24) is 0 Å². The third-order valence-corrected chi connectivity index (χ3v) is 2.45. The van der Waals surface area contributed by atoms with Gasteiger partial charge in [-0.15, -0.1) is 0 Å². The van der Waals surface area contributed by atoms with Crippen molar-refractivity contribution >= 4 is 11.8 Å². The Labute approximate surface area is 95.6 Å². The van der Waals surface area contributed by atoms with E-state index in [1.807, 2.05) is 32.0 Å². The number of benzene rings is 1. The Hall–Kier alpha value is -1.55. The van der Waals surface area contributed by atoms with E-state index < -0.39 is 12.4 Å². The maximum atomic E-state index is 11.4. The smallest absolute Gasteiger partial charge is 0.413 e. The summed E-state index contributed by atoms with van der Waals surface area (Å²) in [6, 6.07) is 5.71. The molecular weight excluding hydrogens is 206 g/mol. The largest absolute Gasteiger partial charge is 0.420 e. The van der Waals surface area contributed by atoms with Gasteiger partial charge in [-0.25, -0.2) is 4.79 Å². The molecule has 0 aliphatic rings. The molecule has 0 aliphatic carbocycles. The number of aryl methyl sites for hydroxylation is 1. The predicted molar refractivity (Wildman–Crippen MR) is 62.5 cm³/mol. The van der Waals surface area contributed by atoms with Gasteiger partial charge in [-0.2, -0.15) is 0 Å². The zero-order valence-electron chi connectivity index (χ0n) is 10.0. The third kappa shape index (κ3) is 3.24. The van der Waals surface area contributed by atoms with Gasteiger partial charge in [0.2, 0.25) is 6.29 Å². The minimum atomic E-state index is -0.551. The maximum absolute atomic E-state index is 11.4. The van der Waals surface area contributed by atoms with Gasteiger partial charge in [0, 0.05) is 12.8 Å². The predicted octanol–water partition coefficient (Wildman–Crippen LogP) is 2.84. The minimum Gasteiger partial charge on any atom is -0.420 e. The molecule has 0 saturated carbocycles. The number of rotatable bonds is 3. The van der Waals surface area contributed by atoms with Gasteiger partial charge >= 0.3 is 6.09 Å². The van der Waals surface area contributed by atoms with Gasteiger partial charge in [-0.05, 0) is 38.0 Å². The lowest BCUT2D eigenvalue weighted by Crippen LogP contribution is -2.21. The zero-order valence-corrected chi connectivity index (χ0v) is 10.0. The molecule has 0 aromatic heterocycles. The Balaban J connectivity index is 2.66. The first-order valence-corrected chi connectivity index (χ1v) is 5.11. The molecule has 0 heterocycles. The molecule has 0 saturated heterocycles. The summed E-state index contributed by atoms with van der Waals surface area (Å²) in [5.74, 6) is 0. The molecule has 0 aliphatic heterocycles. The average Bonchev–Trinajstić information content (AvgIpc) is 2.24. The molecule has 4 heteroatoms. The first kappa shape index (κ1) is 12.5. The van der Waals surface area contributed by atoms with Crippen molar-refractivity contribution in [3.63, 3.8) is 0 Å². The number of carbonyl (C=O) groups excluding carboxylic acids is 1. The van der Waals surface area contributed by atoms with Crippen LogP contribution in [0.4, 0.5) is 10.5 Å². The standard InChI is InChI=1S/C12H17NO3/c1-8-6-5-7-11(9(8)2)13-12(14)16-10(3)15-4/h5-7,10H,1-4H3,(H,13,14). The van der Waals surface area contributed by atoms with Gasteiger partial charge < -0.3 is 9.47 Å². The van der Waals surface area contributed by atoms with E-state index in [-0.39, 0.29) is 0 Å². The van der Waals surface area contributed by atoms with Crippen LogP contribution in [-0.4, -0.2) is 19.5 Å². The second-order valence-corrected chi connectivity index (χ2v) is 3.58. The SMILES string of the molecule is COC(C)OC(=O)Nc1cccc(C)c1C. The van der Waals surface area contributed by atoms with Gasteiger partial charge in [-0.1, -0.05) is 12.1 Å². The van der Waals surface area contributed by atoms with Crippen LogP contribution in [0.3, 0.4) is 0 Å². The molecule has 88 valence electrons. The first-order chi connectivity index (χ1) is 7.54. The van der Waals surface area contributed by atoms with Crippen LogP contribution in [0.5, 0.6) is 0 Å². The molecule has 1 N–H and O–H groups in total. The molecule has 1 aromatic carbocycles. The van der Waals surface area contributed by atoms with Crippen LogP contribution in [0, 0.1) is 13.8 Å². The van der Waals surface area contributed by atoms with E-state index in [9.17, 15) is 4.79 Å². The third-order valence-electron chi connectivity index (χ3n) is 2.45. The highest BCUT2D eigenvalue weighted by atomic mass is 16.7. The fraction of sp³-hybridized carbons (Fsp3) is 0.417. The second-order valence-electron chi connectivity index (χ2n) is 3.58. The van der Waals surface area contributed by atoms with Gasteiger partial charge in [0.25, 0.3) is 0 Å². The van der Waals surface area contributed by atoms with Crippen LogP contribution < -0.4 is 5.32 Å². The fourth-order valence-corrected chi connectivity index (χ4v) is 1.22. The Morgan fingerprint density at radius 2 is 2.06 bits per heavy atom. The topological polar surface area (TPSA) is 47.6 Å². The molecule has 16 heavy (non-hydrogen) atoms. The van der Waals surface area contributed by atoms with Gasteiger partial charge in [-0.3, -0.25) is 5.32 Å². The van der Waals surface area contributed by atoms with E-state index in [0.29, 0.717) is 0 Å². The van der Waals surface area contributed by atoms with E-state index in [1.165, 1.54) is 7.11 Å². The van der Waals surface area contributed by atoms with E-state index in [1.54, 1.807) is 6.92 Å². The number of ether oxygens (including phenoxy) is 2. The van der Waals surface area contributed by atoms with Crippen LogP contribution in [0.15, 0.2) is 18.2 Å². The van der Waals surface area contributed by atoms with Gasteiger partial charge in [0.05, 0.1) is 0 Å². The molecule has 0 spiro atoms. The van der Waals surface area contributed by atoms with Crippen molar-refractivity contribution in [2.24, 2.45) is 0 Å². The summed E-state index contributed by atoms with van der Waals surface area (Å²) in [5, 5.41) is 2.68. The van der Waals surface area contributed by atoms with Crippen molar-refractivity contribution in [3.8, 4) is 0 Å². The summed E-state index contributed by atoms with van der Waals surface area (Å²) in [6.45, 7) is 5.59. The summed E-state index contributed by atoms with van der Waals surface area (Å²) in [7, 11) is 1.48. The van der Waals surface area contributed by atoms with E-state index >= 15 is 0 Å². The number of anilines is 1. The Kier molecular flexibility index (Phi) is 4.31. The fourth-order valence-electron chi connectivity index (χ4n) is 1.22. The summed E-state index contributed by atoms with van der Waals surface area (Å²) in [4.78, 5) is 11.4. The summed E-state index contributed by atoms with van der Waals surface area (Å²) in [5.41, 5.74) is 2.91. The Bertz CT molecular complexity index is 377. The lowest BCUT2D eigenvalue weighted by atomic mass is 10.1. The number of hydrogen-bond donors (Lipinski definition) is 1. The molecule has 1 unspecified atom stereocenters. The van der Waals surface area contributed by atoms with E-state index in [4.69, 9.17) is 9.47 Å². The molecule has 0 bridgehead atoms. The number of carbonyl (C=O) groups is 1. The maximum Gasteiger partial charge on any atom is 0.413 e. The van der Waals surface area contributed by atoms with Gasteiger partial charge in [0.1, 0.15) is 0 Å². The van der Waals surface area contributed by atoms with Crippen molar-refractivity contribution in [1.29, 1.82) is 0 Å². The summed E-state index contributed by atoms with van der Waals surface area (Å²) < 4.78 is 9.76. The highest BCUT2D eigenvalue weighted by molar-refractivity contribution is 5.85. The van der Waals surface area contributed by atoms with Crippen LogP contribution >= 0.6 is 0 Å². The normalized spacial score (nSPS) is 12.0. The number of methoxy groups -OCH3 is 1. The molecule has 1 atom stereocenters. The lowest BCUT2D eigenvalue weighted by Gasteiger charge is -2.13. The van der Waals surface area contributed by atoms with Crippen LogP contribution in [-0.2, 0) is 9.47 Å². The van der Waals surface area contributed by atoms with E-state index in [2.05, 4.69) is 5.32 Å². The minimum absolute atomic E-state index is 0.511. The first-order valence-electron chi connectivity index (χ1n) is 5.11. The van der Waals surface area contributed by atoms with Crippen LogP contribution in [0.2, 0.25) is 0 Å². The molecular formula is C12H17NO3. The van der Waals surface area contributed by atoms with Crippen molar-refractivity contribution in [2.75, 3.05) is 12.4 Å². The summed E-state index contributed by atoms with van der Waals surface area (Å²) in [6.07, 6.45) is -1.06. The number of nitrogens with one attached hydrogen (secondary N) is 1. The molecule has 1 rings (SSSR count). The molecule has 4 nitrogen and oxygen atoms in total. The van der Waals surface area contributed by atoms with Crippen molar-refractivity contribution in [3.05, 3.63) is 29.3 Å². The quantitative estimate of drug-likeness (QED) is 0.801. The molecule has 1 aromatic rings. The molecule has 1 amide bonds. The lowest BCUT2D eigenvalue weighted by molar-refractivity contribution is -0.0629. The van der Waals surface area contributed by atoms with Crippen LogP contribution in [0.1, 0.15) is 18.1 Å². The molecule has 0 fully saturated rings. The zero-order chi connectivity index (χ0) is 12.1.